The third kappa shape index (κ3) is 2.68. The van der Waals surface area contributed by atoms with Gasteiger partial charge in [-0.1, -0.05) is 41.9 Å². The number of nitrogens with one attached hydrogen (secondary N) is 1. The second kappa shape index (κ2) is 5.53. The number of benzene rings is 1. The van der Waals surface area contributed by atoms with Gasteiger partial charge in [-0.15, -0.1) is 0 Å². The number of aromatic nitrogens is 2. The summed E-state index contributed by atoms with van der Waals surface area (Å²) in [5, 5.41) is 7.58. The minimum atomic E-state index is 0.144. The lowest BCUT2D eigenvalue weighted by molar-refractivity contribution is 0.344. The molecule has 2 heterocycles. The van der Waals surface area contributed by atoms with Crippen LogP contribution in [0.3, 0.4) is 0 Å². The molecule has 2 atom stereocenters. The molecular weight excluding hydrogens is 238 g/mol. The molecule has 1 aliphatic rings. The molecule has 2 unspecified atom stereocenters. The fraction of sp³-hybridized carbons (Fsp3) is 0.467. The highest BCUT2D eigenvalue weighted by Crippen LogP contribution is 2.25. The summed E-state index contributed by atoms with van der Waals surface area (Å²) in [6.07, 6.45) is 3.57. The van der Waals surface area contributed by atoms with E-state index in [9.17, 15) is 0 Å². The summed E-state index contributed by atoms with van der Waals surface area (Å²) in [7, 11) is 0. The van der Waals surface area contributed by atoms with Crippen LogP contribution < -0.4 is 5.32 Å². The molecule has 0 amide bonds. The van der Waals surface area contributed by atoms with Crippen LogP contribution in [0.25, 0.3) is 0 Å². The van der Waals surface area contributed by atoms with Crippen molar-refractivity contribution in [3.8, 4) is 0 Å². The Labute approximate surface area is 113 Å². The lowest BCUT2D eigenvalue weighted by atomic mass is 10.0. The first-order valence-corrected chi connectivity index (χ1v) is 6.96. The van der Waals surface area contributed by atoms with E-state index in [-0.39, 0.29) is 12.0 Å². The predicted octanol–water partition coefficient (Wildman–Crippen LogP) is 3.04. The minimum absolute atomic E-state index is 0.144. The zero-order chi connectivity index (χ0) is 13.1. The standard InChI is InChI=1S/C15H19N3O/c1-11(12-7-3-2-4-8-12)15-17-14(18-19-15)13-9-5-6-10-16-13/h2-4,7-8,11,13,16H,5-6,9-10H2,1H3. The highest BCUT2D eigenvalue weighted by Gasteiger charge is 2.22. The van der Waals surface area contributed by atoms with Crippen molar-refractivity contribution >= 4 is 0 Å². The molecule has 1 aromatic heterocycles. The molecule has 1 aromatic carbocycles. The van der Waals surface area contributed by atoms with Gasteiger partial charge in [0, 0.05) is 0 Å². The molecule has 0 radical (unpaired) electrons. The minimum Gasteiger partial charge on any atom is -0.339 e. The van der Waals surface area contributed by atoms with Crippen LogP contribution in [0.15, 0.2) is 34.9 Å². The Morgan fingerprint density at radius 3 is 2.84 bits per heavy atom. The summed E-state index contributed by atoms with van der Waals surface area (Å²) in [6.45, 7) is 3.14. The first kappa shape index (κ1) is 12.4. The molecule has 0 spiro atoms. The van der Waals surface area contributed by atoms with Gasteiger partial charge in [-0.2, -0.15) is 4.98 Å². The van der Waals surface area contributed by atoms with E-state index in [1.165, 1.54) is 18.4 Å². The van der Waals surface area contributed by atoms with Crippen molar-refractivity contribution in [2.75, 3.05) is 6.54 Å². The Morgan fingerprint density at radius 1 is 1.26 bits per heavy atom. The van der Waals surface area contributed by atoms with Gasteiger partial charge in [0.25, 0.3) is 0 Å². The van der Waals surface area contributed by atoms with Crippen LogP contribution in [0.5, 0.6) is 0 Å². The highest BCUT2D eigenvalue weighted by molar-refractivity contribution is 5.23. The Morgan fingerprint density at radius 2 is 2.11 bits per heavy atom. The molecule has 19 heavy (non-hydrogen) atoms. The van der Waals surface area contributed by atoms with E-state index >= 15 is 0 Å². The zero-order valence-electron chi connectivity index (χ0n) is 11.2. The summed E-state index contributed by atoms with van der Waals surface area (Å²) < 4.78 is 5.43. The number of hydrogen-bond acceptors (Lipinski definition) is 4. The van der Waals surface area contributed by atoms with Crippen molar-refractivity contribution in [2.24, 2.45) is 0 Å². The molecule has 0 saturated carbocycles. The number of nitrogens with zero attached hydrogens (tertiary/aromatic N) is 2. The van der Waals surface area contributed by atoms with Gasteiger partial charge in [0.2, 0.25) is 5.89 Å². The maximum Gasteiger partial charge on any atom is 0.233 e. The van der Waals surface area contributed by atoms with E-state index in [0.29, 0.717) is 5.89 Å². The third-order valence-electron chi connectivity index (χ3n) is 3.75. The highest BCUT2D eigenvalue weighted by atomic mass is 16.5. The quantitative estimate of drug-likeness (QED) is 0.918. The van der Waals surface area contributed by atoms with Crippen LogP contribution in [-0.4, -0.2) is 16.7 Å². The number of rotatable bonds is 3. The first-order valence-electron chi connectivity index (χ1n) is 6.96. The van der Waals surface area contributed by atoms with Crippen LogP contribution in [-0.2, 0) is 0 Å². The summed E-state index contributed by atoms with van der Waals surface area (Å²) in [5.41, 5.74) is 1.20. The van der Waals surface area contributed by atoms with E-state index in [4.69, 9.17) is 4.52 Å². The average Bonchev–Trinajstić information content (AvgIpc) is 2.98. The van der Waals surface area contributed by atoms with Crippen LogP contribution in [0.4, 0.5) is 0 Å². The van der Waals surface area contributed by atoms with Gasteiger partial charge in [0.05, 0.1) is 12.0 Å². The molecule has 0 aliphatic carbocycles. The molecule has 1 N–H and O–H groups in total. The van der Waals surface area contributed by atoms with Gasteiger partial charge in [0.15, 0.2) is 5.82 Å². The lowest BCUT2D eigenvalue weighted by Crippen LogP contribution is -2.27. The predicted molar refractivity (Wildman–Crippen MR) is 72.9 cm³/mol. The van der Waals surface area contributed by atoms with E-state index in [1.807, 2.05) is 18.2 Å². The molecular formula is C15H19N3O. The summed E-state index contributed by atoms with van der Waals surface area (Å²) in [6, 6.07) is 10.5. The monoisotopic (exact) mass is 257 g/mol. The average molecular weight is 257 g/mol. The van der Waals surface area contributed by atoms with Gasteiger partial charge < -0.3 is 9.84 Å². The molecule has 0 bridgehead atoms. The van der Waals surface area contributed by atoms with Crippen LogP contribution in [0.2, 0.25) is 0 Å². The molecule has 2 aromatic rings. The lowest BCUT2D eigenvalue weighted by Gasteiger charge is -2.19. The second-order valence-corrected chi connectivity index (χ2v) is 5.13. The number of piperidine rings is 1. The summed E-state index contributed by atoms with van der Waals surface area (Å²) >= 11 is 0. The van der Waals surface area contributed by atoms with Crippen molar-refractivity contribution in [3.05, 3.63) is 47.6 Å². The van der Waals surface area contributed by atoms with Crippen molar-refractivity contribution in [2.45, 2.75) is 38.1 Å². The first-order chi connectivity index (χ1) is 9.34. The van der Waals surface area contributed by atoms with Crippen molar-refractivity contribution in [1.29, 1.82) is 0 Å². The van der Waals surface area contributed by atoms with Crippen LogP contribution in [0, 0.1) is 0 Å². The van der Waals surface area contributed by atoms with Crippen LogP contribution in [0.1, 0.15) is 55.4 Å². The van der Waals surface area contributed by atoms with Gasteiger partial charge in [-0.3, -0.25) is 0 Å². The van der Waals surface area contributed by atoms with Gasteiger partial charge in [0.1, 0.15) is 0 Å². The van der Waals surface area contributed by atoms with Gasteiger partial charge >= 0.3 is 0 Å². The van der Waals surface area contributed by atoms with E-state index < -0.39 is 0 Å². The summed E-state index contributed by atoms with van der Waals surface area (Å²) in [5.74, 6) is 1.65. The molecule has 1 aliphatic heterocycles. The Balaban J connectivity index is 1.77. The third-order valence-corrected chi connectivity index (χ3v) is 3.75. The van der Waals surface area contributed by atoms with Gasteiger partial charge in [-0.05, 0) is 31.9 Å². The molecule has 4 nitrogen and oxygen atoms in total. The largest absolute Gasteiger partial charge is 0.339 e. The Hall–Kier alpha value is -1.68. The van der Waals surface area contributed by atoms with E-state index in [0.717, 1.165) is 18.8 Å². The molecule has 100 valence electrons. The Kier molecular flexibility index (Phi) is 3.60. The molecule has 3 rings (SSSR count). The normalized spacial score (nSPS) is 21.2. The Bertz CT molecular complexity index is 517. The molecule has 4 heteroatoms. The fourth-order valence-electron chi connectivity index (χ4n) is 2.52. The van der Waals surface area contributed by atoms with Crippen molar-refractivity contribution in [1.82, 2.24) is 15.5 Å². The maximum atomic E-state index is 5.43. The van der Waals surface area contributed by atoms with Crippen LogP contribution >= 0.6 is 0 Å². The van der Waals surface area contributed by atoms with E-state index in [2.05, 4.69) is 34.5 Å². The summed E-state index contributed by atoms with van der Waals surface area (Å²) in [4.78, 5) is 4.57. The van der Waals surface area contributed by atoms with Crippen molar-refractivity contribution in [3.63, 3.8) is 0 Å². The fourth-order valence-corrected chi connectivity index (χ4v) is 2.52. The topological polar surface area (TPSA) is 51.0 Å². The zero-order valence-corrected chi connectivity index (χ0v) is 11.2. The second-order valence-electron chi connectivity index (χ2n) is 5.13. The van der Waals surface area contributed by atoms with Gasteiger partial charge in [-0.25, -0.2) is 0 Å². The SMILES string of the molecule is CC(c1ccccc1)c1nc(C2CCCCN2)no1. The van der Waals surface area contributed by atoms with E-state index in [1.54, 1.807) is 0 Å². The maximum absolute atomic E-state index is 5.43. The molecule has 1 saturated heterocycles. The van der Waals surface area contributed by atoms with Crippen molar-refractivity contribution < 1.29 is 4.52 Å². The molecule has 1 fully saturated rings. The number of hydrogen-bond donors (Lipinski definition) is 1. The smallest absolute Gasteiger partial charge is 0.233 e.